The molecule has 0 unspecified atom stereocenters. The fraction of sp³-hybridized carbons (Fsp3) is 0.649. The van der Waals surface area contributed by atoms with Crippen LogP contribution in [0.25, 0.3) is 10.9 Å². The molecule has 5 atom stereocenters. The number of nitrogens with one attached hydrogen (secondary N) is 3. The molecule has 4 fully saturated rings. The molecule has 4 amide bonds. The topological polar surface area (TPSA) is 192 Å². The van der Waals surface area contributed by atoms with E-state index in [0.717, 1.165) is 0 Å². The highest BCUT2D eigenvalue weighted by atomic mass is 35.5. The van der Waals surface area contributed by atoms with Crippen LogP contribution in [0.1, 0.15) is 93.4 Å². The summed E-state index contributed by atoms with van der Waals surface area (Å²) >= 11 is 6.50. The third-order valence-corrected chi connectivity index (χ3v) is 12.0. The van der Waals surface area contributed by atoms with Crippen molar-refractivity contribution in [2.24, 2.45) is 11.3 Å². The van der Waals surface area contributed by atoms with Gasteiger partial charge in [-0.25, -0.2) is 18.7 Å². The Kier molecular flexibility index (Phi) is 10.5. The first-order chi connectivity index (χ1) is 25.2. The fourth-order valence-corrected chi connectivity index (χ4v) is 8.23. The van der Waals surface area contributed by atoms with Crippen LogP contribution < -0.4 is 24.8 Å². The summed E-state index contributed by atoms with van der Waals surface area (Å²) in [6, 6.07) is 4.57. The van der Waals surface area contributed by atoms with E-state index in [1.807, 2.05) is 25.5 Å². The number of hydrogen-bond donors (Lipinski definition) is 3. The molecule has 54 heavy (non-hydrogen) atoms. The quantitative estimate of drug-likeness (QED) is 0.243. The van der Waals surface area contributed by atoms with Crippen molar-refractivity contribution in [2.45, 2.75) is 128 Å². The number of ether oxygens (including phenoxy) is 3. The summed E-state index contributed by atoms with van der Waals surface area (Å²) in [5.41, 5.74) is -3.38. The number of pyridine rings is 1. The number of alkyl carbamates (subject to hydrolysis) is 1. The Hall–Kier alpha value is -3.89. The zero-order valence-corrected chi connectivity index (χ0v) is 33.3. The van der Waals surface area contributed by atoms with E-state index in [2.05, 4.69) is 15.6 Å². The molecule has 17 heteroatoms. The predicted octanol–water partition coefficient (Wildman–Crippen LogP) is 4.54. The molecule has 296 valence electrons. The van der Waals surface area contributed by atoms with E-state index in [4.69, 9.17) is 30.0 Å². The molecule has 2 heterocycles. The number of carbonyl (C=O) groups excluding carboxylic acids is 4. The van der Waals surface area contributed by atoms with E-state index in [1.165, 1.54) is 4.90 Å². The molecule has 3 aliphatic carbocycles. The molecule has 1 saturated heterocycles. The summed E-state index contributed by atoms with van der Waals surface area (Å²) < 4.78 is 50.6. The number of rotatable bonds is 14. The Bertz CT molecular complexity index is 1950. The average Bonchev–Trinajstić information content (AvgIpc) is 4.03. The number of fused-ring (bicyclic) bond motifs is 1. The minimum atomic E-state index is -4.46. The maximum absolute atomic E-state index is 14.6. The molecule has 1 aromatic heterocycles. The van der Waals surface area contributed by atoms with Gasteiger partial charge in [0.1, 0.15) is 35.1 Å². The van der Waals surface area contributed by atoms with Crippen LogP contribution in [0.3, 0.4) is 0 Å². The Morgan fingerprint density at radius 3 is 2.35 bits per heavy atom. The lowest BCUT2D eigenvalue weighted by Crippen LogP contribution is -2.60. The van der Waals surface area contributed by atoms with Crippen molar-refractivity contribution in [2.75, 3.05) is 13.2 Å². The van der Waals surface area contributed by atoms with E-state index in [0.29, 0.717) is 60.4 Å². The average molecular weight is 792 g/mol. The first-order valence-corrected chi connectivity index (χ1v) is 20.3. The van der Waals surface area contributed by atoms with Crippen LogP contribution in [0.5, 0.6) is 11.6 Å². The SMILES string of the molecule is CCOc1cc(O[C@@H]2C[C@@H](C(=O)N[C@]3(C(=O)NS(=O)(=O)OC4(C)CC4)C[C@H]3CC)N(C(=O)[C@@H](NC(=O)OC3(C)CC3)C(C)(C)C)C2)c2cccc(Cl)c2n1. The van der Waals surface area contributed by atoms with E-state index in [-0.39, 0.29) is 31.2 Å². The minimum Gasteiger partial charge on any atom is -0.488 e. The number of carbonyl (C=O) groups is 4. The summed E-state index contributed by atoms with van der Waals surface area (Å²) in [6.45, 7) is 12.7. The van der Waals surface area contributed by atoms with Gasteiger partial charge in [-0.15, -0.1) is 0 Å². The van der Waals surface area contributed by atoms with Crippen LogP contribution in [0.2, 0.25) is 5.02 Å². The van der Waals surface area contributed by atoms with Gasteiger partial charge in [-0.05, 0) is 76.3 Å². The number of aromatic nitrogens is 1. The summed E-state index contributed by atoms with van der Waals surface area (Å²) in [4.78, 5) is 61.5. The second-order valence-electron chi connectivity index (χ2n) is 16.5. The van der Waals surface area contributed by atoms with Crippen molar-refractivity contribution < 1.29 is 46.0 Å². The Morgan fingerprint density at radius 1 is 1.07 bits per heavy atom. The minimum absolute atomic E-state index is 0.000437. The Balaban J connectivity index is 1.29. The van der Waals surface area contributed by atoms with Crippen molar-refractivity contribution in [1.29, 1.82) is 0 Å². The zero-order chi connectivity index (χ0) is 39.4. The van der Waals surface area contributed by atoms with Crippen LogP contribution in [0.4, 0.5) is 4.79 Å². The van der Waals surface area contributed by atoms with E-state index < -0.39 is 74.5 Å². The van der Waals surface area contributed by atoms with Crippen molar-refractivity contribution >= 4 is 56.6 Å². The standard InChI is InChI=1S/C37H50ClN5O10S/c1-8-21-19-37(21,32(46)42-54(48,49)53-36(7)15-16-36)41-30(44)25-17-22(51-26-18-27(50-9-2)39-28-23(26)11-10-12-24(28)38)20-43(25)31(45)29(34(3,4)5)40-33(47)52-35(6)13-14-35/h10-12,18,21-22,25,29H,8-9,13-17,19-20H2,1-7H3,(H,40,47)(H,41,44)(H,42,46)/t21-,22-,25+,29-,37-/m1/s1. The second-order valence-corrected chi connectivity index (χ2v) is 18.2. The molecule has 3 saturated carbocycles. The van der Waals surface area contributed by atoms with Crippen molar-refractivity contribution in [3.63, 3.8) is 0 Å². The van der Waals surface area contributed by atoms with Gasteiger partial charge in [0.15, 0.2) is 0 Å². The van der Waals surface area contributed by atoms with Gasteiger partial charge in [0.05, 0.1) is 29.3 Å². The van der Waals surface area contributed by atoms with Crippen molar-refractivity contribution in [3.8, 4) is 11.6 Å². The monoisotopic (exact) mass is 791 g/mol. The number of benzene rings is 1. The summed E-state index contributed by atoms with van der Waals surface area (Å²) in [7, 11) is -4.46. The third-order valence-electron chi connectivity index (χ3n) is 10.7. The highest BCUT2D eigenvalue weighted by Crippen LogP contribution is 2.47. The van der Waals surface area contributed by atoms with Crippen LogP contribution in [-0.2, 0) is 33.6 Å². The van der Waals surface area contributed by atoms with Gasteiger partial charge >= 0.3 is 16.4 Å². The first kappa shape index (κ1) is 39.8. The Labute approximate surface area is 320 Å². The first-order valence-electron chi connectivity index (χ1n) is 18.5. The molecule has 2 aromatic rings. The van der Waals surface area contributed by atoms with Gasteiger partial charge in [0, 0.05) is 17.9 Å². The van der Waals surface area contributed by atoms with Gasteiger partial charge in [0.25, 0.3) is 5.91 Å². The molecule has 1 aromatic carbocycles. The van der Waals surface area contributed by atoms with Crippen molar-refractivity contribution in [1.82, 2.24) is 25.2 Å². The summed E-state index contributed by atoms with van der Waals surface area (Å²) in [5.74, 6) is -1.86. The zero-order valence-electron chi connectivity index (χ0n) is 31.7. The second kappa shape index (κ2) is 14.3. The number of halogens is 1. The van der Waals surface area contributed by atoms with Crippen LogP contribution in [0, 0.1) is 11.3 Å². The van der Waals surface area contributed by atoms with Crippen LogP contribution in [0.15, 0.2) is 24.3 Å². The van der Waals surface area contributed by atoms with Gasteiger partial charge in [-0.1, -0.05) is 51.8 Å². The van der Waals surface area contributed by atoms with Gasteiger partial charge in [-0.2, -0.15) is 8.42 Å². The predicted molar refractivity (Wildman–Crippen MR) is 198 cm³/mol. The van der Waals surface area contributed by atoms with Crippen LogP contribution >= 0.6 is 11.6 Å². The molecule has 3 N–H and O–H groups in total. The van der Waals surface area contributed by atoms with Gasteiger partial charge < -0.3 is 29.7 Å². The normalized spacial score (nSPS) is 25.6. The maximum atomic E-state index is 14.6. The number of hydrogen-bond acceptors (Lipinski definition) is 11. The highest BCUT2D eigenvalue weighted by molar-refractivity contribution is 7.85. The van der Waals surface area contributed by atoms with Crippen molar-refractivity contribution in [3.05, 3.63) is 29.3 Å². The fourth-order valence-electron chi connectivity index (χ4n) is 6.86. The maximum Gasteiger partial charge on any atom is 0.408 e. The molecule has 4 aliphatic rings. The van der Waals surface area contributed by atoms with E-state index >= 15 is 0 Å². The molecule has 1 aliphatic heterocycles. The van der Waals surface area contributed by atoms with E-state index in [1.54, 1.807) is 52.0 Å². The van der Waals surface area contributed by atoms with E-state index in [9.17, 15) is 27.6 Å². The number of amides is 4. The summed E-state index contributed by atoms with van der Waals surface area (Å²) in [5, 5.41) is 6.53. The molecule has 0 radical (unpaired) electrons. The number of para-hydroxylation sites is 1. The molecular formula is C37H50ClN5O10S. The molecule has 0 bridgehead atoms. The molecule has 6 rings (SSSR count). The lowest BCUT2D eigenvalue weighted by atomic mass is 9.85. The van der Waals surface area contributed by atoms with Crippen LogP contribution in [-0.4, -0.2) is 90.2 Å². The lowest BCUT2D eigenvalue weighted by molar-refractivity contribution is -0.143. The largest absolute Gasteiger partial charge is 0.488 e. The number of nitrogens with zero attached hydrogens (tertiary/aromatic N) is 2. The lowest BCUT2D eigenvalue weighted by Gasteiger charge is -2.35. The van der Waals surface area contributed by atoms with Gasteiger partial charge in [0.2, 0.25) is 17.7 Å². The van der Waals surface area contributed by atoms with Gasteiger partial charge in [-0.3, -0.25) is 14.4 Å². The summed E-state index contributed by atoms with van der Waals surface area (Å²) in [6.07, 6.45) is 1.66. The highest BCUT2D eigenvalue weighted by Gasteiger charge is 2.62. The molecule has 15 nitrogen and oxygen atoms in total. The Morgan fingerprint density at radius 2 is 1.76 bits per heavy atom. The molecular weight excluding hydrogens is 742 g/mol. The number of likely N-dealkylation sites (tertiary alicyclic amines) is 1. The smallest absolute Gasteiger partial charge is 0.408 e. The third kappa shape index (κ3) is 8.65. The molecule has 0 spiro atoms.